The number of piperazine rings is 1. The van der Waals surface area contributed by atoms with Gasteiger partial charge in [-0.05, 0) is 30.8 Å². The van der Waals surface area contributed by atoms with Crippen LogP contribution in [0, 0.1) is 0 Å². The molecule has 0 saturated carbocycles. The molecule has 1 atom stereocenters. The first-order valence-corrected chi connectivity index (χ1v) is 9.16. The Labute approximate surface area is 139 Å². The van der Waals surface area contributed by atoms with Crippen molar-refractivity contribution < 1.29 is 4.79 Å². The Morgan fingerprint density at radius 3 is 2.87 bits per heavy atom. The number of piperidine rings is 1. The quantitative estimate of drug-likeness (QED) is 0.903. The second-order valence-corrected chi connectivity index (χ2v) is 7.06. The summed E-state index contributed by atoms with van der Waals surface area (Å²) in [4.78, 5) is 25.6. The fourth-order valence-corrected chi connectivity index (χ4v) is 4.28. The van der Waals surface area contributed by atoms with E-state index in [0.29, 0.717) is 0 Å². The third-order valence-electron chi connectivity index (χ3n) is 4.72. The summed E-state index contributed by atoms with van der Waals surface area (Å²) in [6.45, 7) is 4.18. The Hall–Kier alpha value is -1.73. The molecule has 122 valence electrons. The summed E-state index contributed by atoms with van der Waals surface area (Å²) in [6, 6.07) is 2.05. The first-order valence-electron chi connectivity index (χ1n) is 8.28. The molecule has 4 rings (SSSR count). The lowest BCUT2D eigenvalue weighted by atomic mass is 10.0. The van der Waals surface area contributed by atoms with E-state index >= 15 is 0 Å². The van der Waals surface area contributed by atoms with Crippen molar-refractivity contribution in [3.63, 3.8) is 0 Å². The highest BCUT2D eigenvalue weighted by atomic mass is 32.1. The lowest BCUT2D eigenvalue weighted by molar-refractivity contribution is -0.134. The predicted molar refractivity (Wildman–Crippen MR) is 91.8 cm³/mol. The van der Waals surface area contributed by atoms with Gasteiger partial charge in [-0.25, -0.2) is 9.97 Å². The molecule has 0 unspecified atom stereocenters. The Kier molecular flexibility index (Phi) is 4.13. The average molecular weight is 331 g/mol. The van der Waals surface area contributed by atoms with Crippen LogP contribution < -0.4 is 10.2 Å². The topological polar surface area (TPSA) is 61.4 Å². The summed E-state index contributed by atoms with van der Waals surface area (Å²) in [5, 5.41) is 5.41. The number of nitrogens with one attached hydrogen (secondary N) is 1. The lowest BCUT2D eigenvalue weighted by Crippen LogP contribution is -2.55. The van der Waals surface area contributed by atoms with E-state index in [-0.39, 0.29) is 11.9 Å². The molecule has 2 aromatic rings. The molecule has 4 heterocycles. The Morgan fingerprint density at radius 1 is 1.22 bits per heavy atom. The van der Waals surface area contributed by atoms with Crippen LogP contribution in [0.25, 0.3) is 10.2 Å². The normalized spacial score (nSPS) is 22.5. The minimum Gasteiger partial charge on any atom is -0.352 e. The first kappa shape index (κ1) is 14.8. The van der Waals surface area contributed by atoms with Crippen LogP contribution in [-0.2, 0) is 4.79 Å². The molecule has 2 aromatic heterocycles. The SMILES string of the molecule is O=C([C@H]1CCCCN1)N1CCN(c2ncnc3ccsc23)CC1. The van der Waals surface area contributed by atoms with Crippen molar-refractivity contribution in [1.29, 1.82) is 0 Å². The number of anilines is 1. The molecule has 1 amide bonds. The second kappa shape index (κ2) is 6.41. The van der Waals surface area contributed by atoms with E-state index in [0.717, 1.165) is 61.6 Å². The highest BCUT2D eigenvalue weighted by molar-refractivity contribution is 7.17. The van der Waals surface area contributed by atoms with Crippen LogP contribution in [0.4, 0.5) is 5.82 Å². The Balaban J connectivity index is 1.42. The number of aromatic nitrogens is 2. The van der Waals surface area contributed by atoms with Crippen LogP contribution in [0.3, 0.4) is 0 Å². The molecule has 7 heteroatoms. The second-order valence-electron chi connectivity index (χ2n) is 6.15. The van der Waals surface area contributed by atoms with Gasteiger partial charge in [0.25, 0.3) is 0 Å². The number of carbonyl (C=O) groups is 1. The van der Waals surface area contributed by atoms with Gasteiger partial charge in [-0.15, -0.1) is 11.3 Å². The fraction of sp³-hybridized carbons (Fsp3) is 0.562. The minimum atomic E-state index is 0.0263. The van der Waals surface area contributed by atoms with Gasteiger partial charge < -0.3 is 15.1 Å². The third-order valence-corrected chi connectivity index (χ3v) is 5.62. The van der Waals surface area contributed by atoms with Crippen molar-refractivity contribution in [2.45, 2.75) is 25.3 Å². The van der Waals surface area contributed by atoms with Gasteiger partial charge in [-0.1, -0.05) is 6.42 Å². The number of hydrogen-bond acceptors (Lipinski definition) is 6. The number of nitrogens with zero attached hydrogens (tertiary/aromatic N) is 4. The molecule has 0 spiro atoms. The van der Waals surface area contributed by atoms with E-state index in [4.69, 9.17) is 0 Å². The van der Waals surface area contributed by atoms with Crippen molar-refractivity contribution in [2.75, 3.05) is 37.6 Å². The van der Waals surface area contributed by atoms with Gasteiger partial charge in [0, 0.05) is 26.2 Å². The molecule has 0 aliphatic carbocycles. The van der Waals surface area contributed by atoms with E-state index in [1.54, 1.807) is 17.7 Å². The number of rotatable bonds is 2. The number of hydrogen-bond donors (Lipinski definition) is 1. The van der Waals surface area contributed by atoms with Gasteiger partial charge in [-0.2, -0.15) is 0 Å². The maximum absolute atomic E-state index is 12.6. The number of carbonyl (C=O) groups excluding carboxylic acids is 1. The maximum atomic E-state index is 12.6. The molecule has 2 saturated heterocycles. The van der Waals surface area contributed by atoms with Gasteiger partial charge in [-0.3, -0.25) is 4.79 Å². The summed E-state index contributed by atoms with van der Waals surface area (Å²) in [5.41, 5.74) is 1.00. The molecule has 2 fully saturated rings. The van der Waals surface area contributed by atoms with Crippen LogP contribution in [0.1, 0.15) is 19.3 Å². The Bertz CT molecular complexity index is 689. The zero-order valence-corrected chi connectivity index (χ0v) is 13.9. The molecular weight excluding hydrogens is 310 g/mol. The van der Waals surface area contributed by atoms with Crippen molar-refractivity contribution in [3.05, 3.63) is 17.8 Å². The largest absolute Gasteiger partial charge is 0.352 e. The fourth-order valence-electron chi connectivity index (χ4n) is 3.42. The lowest BCUT2D eigenvalue weighted by Gasteiger charge is -2.37. The van der Waals surface area contributed by atoms with E-state index in [9.17, 15) is 4.79 Å². The Morgan fingerprint density at radius 2 is 2.09 bits per heavy atom. The van der Waals surface area contributed by atoms with Crippen LogP contribution >= 0.6 is 11.3 Å². The molecule has 2 aliphatic rings. The molecule has 23 heavy (non-hydrogen) atoms. The summed E-state index contributed by atoms with van der Waals surface area (Å²) in [7, 11) is 0. The average Bonchev–Trinajstić information content (AvgIpc) is 3.11. The molecule has 0 aromatic carbocycles. The molecule has 0 radical (unpaired) electrons. The number of thiophene rings is 1. The molecule has 6 nitrogen and oxygen atoms in total. The van der Waals surface area contributed by atoms with Crippen LogP contribution in [0.2, 0.25) is 0 Å². The van der Waals surface area contributed by atoms with Gasteiger partial charge >= 0.3 is 0 Å². The van der Waals surface area contributed by atoms with Crippen LogP contribution in [0.15, 0.2) is 17.8 Å². The van der Waals surface area contributed by atoms with Crippen molar-refractivity contribution >= 4 is 33.3 Å². The zero-order valence-electron chi connectivity index (χ0n) is 13.1. The summed E-state index contributed by atoms with van der Waals surface area (Å²) in [5.74, 6) is 1.28. The smallest absolute Gasteiger partial charge is 0.239 e. The predicted octanol–water partition coefficient (Wildman–Crippen LogP) is 1.48. The van der Waals surface area contributed by atoms with Crippen LogP contribution in [0.5, 0.6) is 0 Å². The standard InChI is InChI=1S/C16H21N5OS/c22-16(13-3-1-2-5-17-13)21-8-6-20(7-9-21)15-14-12(4-10-23-14)18-11-19-15/h4,10-11,13,17H,1-3,5-9H2/t13-/m1/s1. The van der Waals surface area contributed by atoms with E-state index < -0.39 is 0 Å². The summed E-state index contributed by atoms with van der Waals surface area (Å²) >= 11 is 1.68. The first-order chi connectivity index (χ1) is 11.3. The van der Waals surface area contributed by atoms with Crippen molar-refractivity contribution in [1.82, 2.24) is 20.2 Å². The highest BCUT2D eigenvalue weighted by Crippen LogP contribution is 2.28. The van der Waals surface area contributed by atoms with Gasteiger partial charge in [0.2, 0.25) is 5.91 Å². The highest BCUT2D eigenvalue weighted by Gasteiger charge is 2.29. The van der Waals surface area contributed by atoms with Crippen molar-refractivity contribution in [3.8, 4) is 0 Å². The van der Waals surface area contributed by atoms with Gasteiger partial charge in [0.05, 0.1) is 16.3 Å². The summed E-state index contributed by atoms with van der Waals surface area (Å²) in [6.07, 6.45) is 4.94. The van der Waals surface area contributed by atoms with Gasteiger partial charge in [0.1, 0.15) is 12.1 Å². The maximum Gasteiger partial charge on any atom is 0.239 e. The van der Waals surface area contributed by atoms with Crippen LogP contribution in [-0.4, -0.2) is 59.5 Å². The van der Waals surface area contributed by atoms with E-state index in [1.807, 2.05) is 11.0 Å². The number of amides is 1. The monoisotopic (exact) mass is 331 g/mol. The van der Waals surface area contributed by atoms with E-state index in [2.05, 4.69) is 25.6 Å². The van der Waals surface area contributed by atoms with E-state index in [1.165, 1.54) is 6.42 Å². The molecular formula is C16H21N5OS. The third kappa shape index (κ3) is 2.90. The molecule has 1 N–H and O–H groups in total. The molecule has 2 aliphatic heterocycles. The molecule has 0 bridgehead atoms. The summed E-state index contributed by atoms with van der Waals surface area (Å²) < 4.78 is 1.14. The minimum absolute atomic E-state index is 0.0263. The number of fused-ring (bicyclic) bond motifs is 1. The van der Waals surface area contributed by atoms with Crippen molar-refractivity contribution in [2.24, 2.45) is 0 Å². The van der Waals surface area contributed by atoms with Gasteiger partial charge in [0.15, 0.2) is 0 Å². The zero-order chi connectivity index (χ0) is 15.6.